The van der Waals surface area contributed by atoms with Crippen LogP contribution < -0.4 is 19.5 Å². The molecular formula is C21H25NO4. The SMILES string of the molecule is COc1cccc(OC(C)C(=O)Nc2ccc(OC3CCCC3)cc2)c1. The van der Waals surface area contributed by atoms with Crippen LogP contribution in [0.15, 0.2) is 48.5 Å². The first-order chi connectivity index (χ1) is 12.6. The number of ether oxygens (including phenoxy) is 3. The molecule has 1 aliphatic rings. The van der Waals surface area contributed by atoms with Crippen LogP contribution in [-0.4, -0.2) is 25.2 Å². The molecule has 2 aromatic rings. The second-order valence-corrected chi connectivity index (χ2v) is 6.48. The van der Waals surface area contributed by atoms with E-state index in [-0.39, 0.29) is 5.91 Å². The summed E-state index contributed by atoms with van der Waals surface area (Å²) in [5.41, 5.74) is 0.717. The van der Waals surface area contributed by atoms with E-state index in [1.165, 1.54) is 12.8 Å². The fourth-order valence-corrected chi connectivity index (χ4v) is 2.99. The molecule has 26 heavy (non-hydrogen) atoms. The van der Waals surface area contributed by atoms with Gasteiger partial charge >= 0.3 is 0 Å². The van der Waals surface area contributed by atoms with Crippen LogP contribution in [0.4, 0.5) is 5.69 Å². The van der Waals surface area contributed by atoms with E-state index in [2.05, 4.69) is 5.32 Å². The molecule has 0 aromatic heterocycles. The standard InChI is InChI=1S/C21H25NO4/c1-15(25-20-9-5-8-19(14-20)24-2)21(23)22-16-10-12-18(13-11-16)26-17-6-3-4-7-17/h5,8-15,17H,3-4,6-7H2,1-2H3,(H,22,23). The molecule has 2 aromatic carbocycles. The highest BCUT2D eigenvalue weighted by molar-refractivity contribution is 5.94. The maximum Gasteiger partial charge on any atom is 0.265 e. The highest BCUT2D eigenvalue weighted by Gasteiger charge is 2.17. The van der Waals surface area contributed by atoms with Crippen molar-refractivity contribution in [3.05, 3.63) is 48.5 Å². The van der Waals surface area contributed by atoms with Crippen molar-refractivity contribution in [2.24, 2.45) is 0 Å². The van der Waals surface area contributed by atoms with Crippen LogP contribution in [0.5, 0.6) is 17.2 Å². The summed E-state index contributed by atoms with van der Waals surface area (Å²) in [6, 6.07) is 14.7. The Morgan fingerprint density at radius 3 is 2.42 bits per heavy atom. The number of hydrogen-bond acceptors (Lipinski definition) is 4. The van der Waals surface area contributed by atoms with Crippen LogP contribution >= 0.6 is 0 Å². The van der Waals surface area contributed by atoms with Gasteiger partial charge in [0.2, 0.25) is 0 Å². The second-order valence-electron chi connectivity index (χ2n) is 6.48. The number of methoxy groups -OCH3 is 1. The third-order valence-corrected chi connectivity index (χ3v) is 4.45. The van der Waals surface area contributed by atoms with Crippen LogP contribution in [0.1, 0.15) is 32.6 Å². The minimum Gasteiger partial charge on any atom is -0.497 e. The Morgan fingerprint density at radius 1 is 1.04 bits per heavy atom. The van der Waals surface area contributed by atoms with Gasteiger partial charge in [-0.3, -0.25) is 4.79 Å². The summed E-state index contributed by atoms with van der Waals surface area (Å²) in [4.78, 5) is 12.3. The molecule has 0 bridgehead atoms. The molecule has 0 heterocycles. The molecule has 5 nitrogen and oxygen atoms in total. The molecule has 3 rings (SSSR count). The van der Waals surface area contributed by atoms with Crippen LogP contribution in [0, 0.1) is 0 Å². The maximum atomic E-state index is 12.3. The molecule has 0 saturated heterocycles. The zero-order valence-corrected chi connectivity index (χ0v) is 15.2. The van der Waals surface area contributed by atoms with Gasteiger partial charge in [0, 0.05) is 11.8 Å². The number of carbonyl (C=O) groups excluding carboxylic acids is 1. The molecule has 138 valence electrons. The van der Waals surface area contributed by atoms with E-state index in [4.69, 9.17) is 14.2 Å². The molecule has 0 radical (unpaired) electrons. The summed E-state index contributed by atoms with van der Waals surface area (Å²) in [6.07, 6.45) is 4.42. The van der Waals surface area contributed by atoms with E-state index in [1.807, 2.05) is 36.4 Å². The Hall–Kier alpha value is -2.69. The van der Waals surface area contributed by atoms with Gasteiger partial charge in [-0.25, -0.2) is 0 Å². The molecule has 5 heteroatoms. The van der Waals surface area contributed by atoms with E-state index < -0.39 is 6.10 Å². The van der Waals surface area contributed by atoms with Gasteiger partial charge in [0.25, 0.3) is 5.91 Å². The second kappa shape index (κ2) is 8.61. The number of amides is 1. The molecule has 1 atom stereocenters. The number of hydrogen-bond donors (Lipinski definition) is 1. The fourth-order valence-electron chi connectivity index (χ4n) is 2.99. The van der Waals surface area contributed by atoms with Gasteiger partial charge in [0.05, 0.1) is 13.2 Å². The summed E-state index contributed by atoms with van der Waals surface area (Å²) in [5, 5.41) is 2.86. The molecule has 1 unspecified atom stereocenters. The van der Waals surface area contributed by atoms with Crippen molar-refractivity contribution in [3.63, 3.8) is 0 Å². The normalized spacial score (nSPS) is 15.3. The summed E-state index contributed by atoms with van der Waals surface area (Å²) < 4.78 is 16.8. The fraction of sp³-hybridized carbons (Fsp3) is 0.381. The van der Waals surface area contributed by atoms with Crippen LogP contribution in [0.2, 0.25) is 0 Å². The molecule has 1 N–H and O–H groups in total. The quantitative estimate of drug-likeness (QED) is 0.799. The third kappa shape index (κ3) is 4.91. The smallest absolute Gasteiger partial charge is 0.265 e. The Balaban J connectivity index is 1.53. The number of carbonyl (C=O) groups is 1. The van der Waals surface area contributed by atoms with E-state index >= 15 is 0 Å². The summed E-state index contributed by atoms with van der Waals surface area (Å²) in [6.45, 7) is 1.71. The molecule has 1 fully saturated rings. The average molecular weight is 355 g/mol. The van der Waals surface area contributed by atoms with E-state index in [9.17, 15) is 4.79 Å². The molecule has 1 aliphatic carbocycles. The molecular weight excluding hydrogens is 330 g/mol. The van der Waals surface area contributed by atoms with Gasteiger partial charge in [-0.1, -0.05) is 6.07 Å². The Labute approximate surface area is 154 Å². The van der Waals surface area contributed by atoms with Crippen molar-refractivity contribution in [2.45, 2.75) is 44.8 Å². The number of benzene rings is 2. The predicted octanol–water partition coefficient (Wildman–Crippen LogP) is 4.42. The van der Waals surface area contributed by atoms with Gasteiger partial charge < -0.3 is 19.5 Å². The van der Waals surface area contributed by atoms with Gasteiger partial charge in [-0.15, -0.1) is 0 Å². The van der Waals surface area contributed by atoms with E-state index in [0.717, 1.165) is 24.3 Å². The molecule has 0 aliphatic heterocycles. The molecule has 1 saturated carbocycles. The highest BCUT2D eigenvalue weighted by atomic mass is 16.5. The largest absolute Gasteiger partial charge is 0.497 e. The van der Waals surface area contributed by atoms with Crippen molar-refractivity contribution in [1.82, 2.24) is 0 Å². The van der Waals surface area contributed by atoms with Crippen LogP contribution in [0.25, 0.3) is 0 Å². The highest BCUT2D eigenvalue weighted by Crippen LogP contribution is 2.25. The first-order valence-corrected chi connectivity index (χ1v) is 9.02. The summed E-state index contributed by atoms with van der Waals surface area (Å²) in [7, 11) is 1.59. The van der Waals surface area contributed by atoms with Crippen LogP contribution in [0.3, 0.4) is 0 Å². The van der Waals surface area contributed by atoms with Crippen molar-refractivity contribution in [1.29, 1.82) is 0 Å². The van der Waals surface area contributed by atoms with Crippen molar-refractivity contribution in [2.75, 3.05) is 12.4 Å². The first kappa shape index (κ1) is 18.1. The molecule has 0 spiro atoms. The number of anilines is 1. The Bertz CT molecular complexity index is 723. The summed E-state index contributed by atoms with van der Waals surface area (Å²) >= 11 is 0. The van der Waals surface area contributed by atoms with Gasteiger partial charge in [-0.05, 0) is 69.0 Å². The molecule has 1 amide bonds. The minimum atomic E-state index is -0.628. The lowest BCUT2D eigenvalue weighted by Crippen LogP contribution is -2.30. The van der Waals surface area contributed by atoms with Crippen molar-refractivity contribution >= 4 is 11.6 Å². The lowest BCUT2D eigenvalue weighted by atomic mass is 10.2. The number of nitrogens with one attached hydrogen (secondary N) is 1. The van der Waals surface area contributed by atoms with Gasteiger partial charge in [0.15, 0.2) is 6.10 Å². The monoisotopic (exact) mass is 355 g/mol. The zero-order chi connectivity index (χ0) is 18.4. The Kier molecular flexibility index (Phi) is 6.00. The lowest BCUT2D eigenvalue weighted by Gasteiger charge is -2.16. The van der Waals surface area contributed by atoms with Crippen LogP contribution in [-0.2, 0) is 4.79 Å². The zero-order valence-electron chi connectivity index (χ0n) is 15.2. The van der Waals surface area contributed by atoms with Gasteiger partial charge in [-0.2, -0.15) is 0 Å². The van der Waals surface area contributed by atoms with Crippen molar-refractivity contribution in [3.8, 4) is 17.2 Å². The topological polar surface area (TPSA) is 56.8 Å². The average Bonchev–Trinajstić information content (AvgIpc) is 3.16. The summed E-state index contributed by atoms with van der Waals surface area (Å²) in [5.74, 6) is 1.91. The van der Waals surface area contributed by atoms with E-state index in [1.54, 1.807) is 26.2 Å². The minimum absolute atomic E-state index is 0.211. The first-order valence-electron chi connectivity index (χ1n) is 9.02. The lowest BCUT2D eigenvalue weighted by molar-refractivity contribution is -0.122. The van der Waals surface area contributed by atoms with E-state index in [0.29, 0.717) is 17.6 Å². The van der Waals surface area contributed by atoms with Gasteiger partial charge in [0.1, 0.15) is 17.2 Å². The number of rotatable bonds is 7. The third-order valence-electron chi connectivity index (χ3n) is 4.45. The van der Waals surface area contributed by atoms with Crippen molar-refractivity contribution < 1.29 is 19.0 Å². The Morgan fingerprint density at radius 2 is 1.73 bits per heavy atom. The predicted molar refractivity (Wildman–Crippen MR) is 101 cm³/mol. The maximum absolute atomic E-state index is 12.3.